The van der Waals surface area contributed by atoms with Crippen LogP contribution in [-0.2, 0) is 9.47 Å². The highest BCUT2D eigenvalue weighted by Gasteiger charge is 2.11. The highest BCUT2D eigenvalue weighted by Crippen LogP contribution is 2.08. The van der Waals surface area contributed by atoms with Crippen LogP contribution in [0.5, 0.6) is 0 Å². The number of nitrogens with one attached hydrogen (secondary N) is 2. The molecule has 0 saturated carbocycles. The molecule has 0 aliphatic rings. The van der Waals surface area contributed by atoms with Gasteiger partial charge in [-0.2, -0.15) is 0 Å². The van der Waals surface area contributed by atoms with Crippen molar-refractivity contribution in [2.75, 3.05) is 26.3 Å². The number of carbonyl (C=O) groups excluding carboxylic acids is 4. The molecule has 0 fully saturated rings. The quantitative estimate of drug-likeness (QED) is 0.245. The molecule has 0 atom stereocenters. The summed E-state index contributed by atoms with van der Waals surface area (Å²) in [7, 11) is 0. The fourth-order valence-electron chi connectivity index (χ4n) is 3.34. The van der Waals surface area contributed by atoms with E-state index < -0.39 is 0 Å². The molecular weight excluding hydrogens is 472 g/mol. The molecule has 0 aliphatic carbocycles. The van der Waals surface area contributed by atoms with Crippen molar-refractivity contribution in [3.8, 4) is 0 Å². The molecule has 200 valence electrons. The van der Waals surface area contributed by atoms with E-state index in [0.29, 0.717) is 48.6 Å². The zero-order valence-electron chi connectivity index (χ0n) is 21.8. The third-order valence-corrected chi connectivity index (χ3v) is 5.65. The van der Waals surface area contributed by atoms with Crippen molar-refractivity contribution >= 4 is 23.8 Å². The predicted molar refractivity (Wildman–Crippen MR) is 142 cm³/mol. The number of benzene rings is 2. The lowest BCUT2D eigenvalue weighted by Crippen LogP contribution is -2.26. The summed E-state index contributed by atoms with van der Waals surface area (Å²) in [5.41, 5.74) is 1.82. The molecule has 2 rings (SSSR count). The molecule has 2 N–H and O–H groups in total. The Bertz CT molecular complexity index is 921. The predicted octanol–water partition coefficient (Wildman–Crippen LogP) is 4.93. The zero-order chi connectivity index (χ0) is 26.9. The first kappa shape index (κ1) is 29.5. The molecule has 0 spiro atoms. The lowest BCUT2D eigenvalue weighted by Gasteiger charge is -2.08. The first-order chi connectivity index (χ1) is 18.0. The van der Waals surface area contributed by atoms with Crippen LogP contribution in [0.3, 0.4) is 0 Å². The summed E-state index contributed by atoms with van der Waals surface area (Å²) in [5.74, 6) is -1.16. The molecule has 0 saturated heterocycles. The van der Waals surface area contributed by atoms with Gasteiger partial charge in [-0.15, -0.1) is 0 Å². The number of esters is 2. The average molecular weight is 511 g/mol. The van der Waals surface area contributed by atoms with Crippen LogP contribution in [0.15, 0.2) is 48.5 Å². The fourth-order valence-corrected chi connectivity index (χ4v) is 3.34. The smallest absolute Gasteiger partial charge is 0.338 e. The Kier molecular flexibility index (Phi) is 13.5. The van der Waals surface area contributed by atoms with Gasteiger partial charge in [0, 0.05) is 24.2 Å². The molecule has 37 heavy (non-hydrogen) atoms. The zero-order valence-corrected chi connectivity index (χ0v) is 21.8. The molecule has 0 radical (unpaired) electrons. The third-order valence-electron chi connectivity index (χ3n) is 5.65. The SMILES string of the molecule is CCCCOC(=O)c1ccc(C(=O)NCCCCCNC(=O)c2ccc(C(=O)OCCCC)cc2)cc1. The van der Waals surface area contributed by atoms with Crippen molar-refractivity contribution in [2.24, 2.45) is 0 Å². The molecule has 2 amide bonds. The number of ether oxygens (including phenoxy) is 2. The molecule has 0 heterocycles. The normalized spacial score (nSPS) is 10.4. The van der Waals surface area contributed by atoms with E-state index in [1.807, 2.05) is 13.8 Å². The highest BCUT2D eigenvalue weighted by atomic mass is 16.5. The summed E-state index contributed by atoms with van der Waals surface area (Å²) in [5, 5.41) is 5.73. The van der Waals surface area contributed by atoms with Gasteiger partial charge in [-0.05, 0) is 80.6 Å². The molecule has 0 bridgehead atoms. The summed E-state index contributed by atoms with van der Waals surface area (Å²) in [6.07, 6.45) is 5.95. The van der Waals surface area contributed by atoms with Gasteiger partial charge in [0.15, 0.2) is 0 Å². The van der Waals surface area contributed by atoms with Gasteiger partial charge in [0.1, 0.15) is 0 Å². The molecule has 0 aliphatic heterocycles. The maximum absolute atomic E-state index is 12.3. The van der Waals surface area contributed by atoms with E-state index in [1.165, 1.54) is 0 Å². The molecule has 8 heteroatoms. The maximum Gasteiger partial charge on any atom is 0.338 e. The molecule has 0 unspecified atom stereocenters. The second-order valence-electron chi connectivity index (χ2n) is 8.71. The molecule has 8 nitrogen and oxygen atoms in total. The monoisotopic (exact) mass is 510 g/mol. The lowest BCUT2D eigenvalue weighted by atomic mass is 10.1. The summed E-state index contributed by atoms with van der Waals surface area (Å²) in [6, 6.07) is 12.8. The standard InChI is InChI=1S/C29H38N2O6/c1-3-5-20-36-28(34)24-14-10-22(11-15-24)26(32)30-18-8-7-9-19-31-27(33)23-12-16-25(17-13-23)29(35)37-21-6-4-2/h10-17H,3-9,18-21H2,1-2H3,(H,30,32)(H,31,33). The van der Waals surface area contributed by atoms with Crippen LogP contribution in [-0.4, -0.2) is 50.1 Å². The Morgan fingerprint density at radius 3 is 1.24 bits per heavy atom. The van der Waals surface area contributed by atoms with E-state index in [0.717, 1.165) is 44.9 Å². The Morgan fingerprint density at radius 1 is 0.541 bits per heavy atom. The Morgan fingerprint density at radius 2 is 0.892 bits per heavy atom. The number of unbranched alkanes of at least 4 members (excludes halogenated alkanes) is 4. The van der Waals surface area contributed by atoms with Gasteiger partial charge >= 0.3 is 11.9 Å². The van der Waals surface area contributed by atoms with Crippen molar-refractivity contribution < 1.29 is 28.7 Å². The number of hydrogen-bond acceptors (Lipinski definition) is 6. The van der Waals surface area contributed by atoms with Crippen molar-refractivity contribution in [3.05, 3.63) is 70.8 Å². The Hall–Kier alpha value is -3.68. The molecule has 2 aromatic carbocycles. The van der Waals surface area contributed by atoms with E-state index in [2.05, 4.69) is 10.6 Å². The maximum atomic E-state index is 12.3. The van der Waals surface area contributed by atoms with Crippen molar-refractivity contribution in [1.82, 2.24) is 10.6 Å². The van der Waals surface area contributed by atoms with E-state index >= 15 is 0 Å². The number of rotatable bonds is 16. The fraction of sp³-hybridized carbons (Fsp3) is 0.448. The minimum atomic E-state index is -0.382. The van der Waals surface area contributed by atoms with E-state index in [4.69, 9.17) is 9.47 Å². The molecular formula is C29H38N2O6. The van der Waals surface area contributed by atoms with Crippen LogP contribution in [0, 0.1) is 0 Å². The van der Waals surface area contributed by atoms with E-state index in [-0.39, 0.29) is 23.8 Å². The second kappa shape index (κ2) is 16.9. The Labute approximate surface area is 219 Å². The van der Waals surface area contributed by atoms with Gasteiger partial charge in [0.25, 0.3) is 11.8 Å². The van der Waals surface area contributed by atoms with Gasteiger partial charge in [0.05, 0.1) is 24.3 Å². The number of hydrogen-bond donors (Lipinski definition) is 2. The minimum absolute atomic E-state index is 0.197. The van der Waals surface area contributed by atoms with E-state index in [1.54, 1.807) is 48.5 Å². The van der Waals surface area contributed by atoms with Crippen molar-refractivity contribution in [2.45, 2.75) is 58.8 Å². The summed E-state index contributed by atoms with van der Waals surface area (Å²) < 4.78 is 10.3. The van der Waals surface area contributed by atoms with Gasteiger partial charge in [-0.25, -0.2) is 9.59 Å². The first-order valence-electron chi connectivity index (χ1n) is 13.1. The average Bonchev–Trinajstić information content (AvgIpc) is 2.92. The first-order valence-corrected chi connectivity index (χ1v) is 13.1. The summed E-state index contributed by atoms with van der Waals surface area (Å²) >= 11 is 0. The Balaban J connectivity index is 1.60. The van der Waals surface area contributed by atoms with Crippen LogP contribution in [0.4, 0.5) is 0 Å². The summed E-state index contributed by atoms with van der Waals surface area (Å²) in [6.45, 7) is 5.87. The van der Waals surface area contributed by atoms with Crippen LogP contribution in [0.1, 0.15) is 100 Å². The molecule has 0 aromatic heterocycles. The number of amides is 2. The van der Waals surface area contributed by atoms with Crippen LogP contribution < -0.4 is 10.6 Å². The second-order valence-corrected chi connectivity index (χ2v) is 8.71. The minimum Gasteiger partial charge on any atom is -0.462 e. The van der Waals surface area contributed by atoms with Gasteiger partial charge in [-0.3, -0.25) is 9.59 Å². The van der Waals surface area contributed by atoms with Gasteiger partial charge < -0.3 is 20.1 Å². The third kappa shape index (κ3) is 10.9. The lowest BCUT2D eigenvalue weighted by molar-refractivity contribution is 0.0490. The highest BCUT2D eigenvalue weighted by molar-refractivity contribution is 5.97. The summed E-state index contributed by atoms with van der Waals surface area (Å²) in [4.78, 5) is 48.4. The number of carbonyl (C=O) groups is 4. The van der Waals surface area contributed by atoms with Gasteiger partial charge in [-0.1, -0.05) is 26.7 Å². The van der Waals surface area contributed by atoms with E-state index in [9.17, 15) is 19.2 Å². The van der Waals surface area contributed by atoms with Crippen LogP contribution in [0.2, 0.25) is 0 Å². The van der Waals surface area contributed by atoms with Crippen LogP contribution >= 0.6 is 0 Å². The van der Waals surface area contributed by atoms with Crippen molar-refractivity contribution in [1.29, 1.82) is 0 Å². The largest absolute Gasteiger partial charge is 0.462 e. The van der Waals surface area contributed by atoms with Crippen molar-refractivity contribution in [3.63, 3.8) is 0 Å². The topological polar surface area (TPSA) is 111 Å². The van der Waals surface area contributed by atoms with Crippen LogP contribution in [0.25, 0.3) is 0 Å². The van der Waals surface area contributed by atoms with Gasteiger partial charge in [0.2, 0.25) is 0 Å². The molecule has 2 aromatic rings.